The minimum absolute atomic E-state index is 0.0739. The summed E-state index contributed by atoms with van der Waals surface area (Å²) in [6.07, 6.45) is 0.833. The molecule has 4 aromatic rings. The zero-order valence-electron chi connectivity index (χ0n) is 18.4. The fourth-order valence-corrected chi connectivity index (χ4v) is 4.44. The van der Waals surface area contributed by atoms with Gasteiger partial charge >= 0.3 is 5.97 Å². The monoisotopic (exact) mass is 476 g/mol. The summed E-state index contributed by atoms with van der Waals surface area (Å²) >= 11 is 1.35. The van der Waals surface area contributed by atoms with Gasteiger partial charge in [0.25, 0.3) is 5.56 Å². The summed E-state index contributed by atoms with van der Waals surface area (Å²) in [7, 11) is 1.29. The van der Waals surface area contributed by atoms with E-state index in [1.165, 1.54) is 47.7 Å². The highest BCUT2D eigenvalue weighted by molar-refractivity contribution is 7.99. The summed E-state index contributed by atoms with van der Waals surface area (Å²) in [5.41, 5.74) is 1.58. The van der Waals surface area contributed by atoms with Crippen LogP contribution in [0.5, 0.6) is 0 Å². The molecule has 6 nitrogen and oxygen atoms in total. The number of thioether (sulfide) groups is 1. The van der Waals surface area contributed by atoms with Crippen LogP contribution in [0.15, 0.2) is 82.7 Å². The van der Waals surface area contributed by atoms with E-state index in [2.05, 4.69) is 4.98 Å². The predicted octanol–water partition coefficient (Wildman–Crippen LogP) is 5.07. The molecule has 0 radical (unpaired) electrons. The van der Waals surface area contributed by atoms with Crippen LogP contribution in [0.3, 0.4) is 0 Å². The first-order valence-corrected chi connectivity index (χ1v) is 11.6. The molecule has 0 spiro atoms. The molecule has 0 saturated carbocycles. The number of carbonyl (C=O) groups is 2. The zero-order chi connectivity index (χ0) is 24.1. The van der Waals surface area contributed by atoms with Crippen molar-refractivity contribution in [3.63, 3.8) is 0 Å². The van der Waals surface area contributed by atoms with Crippen LogP contribution < -0.4 is 5.56 Å². The number of rotatable bonds is 8. The number of benzene rings is 3. The highest BCUT2D eigenvalue weighted by Crippen LogP contribution is 2.23. The van der Waals surface area contributed by atoms with E-state index in [0.29, 0.717) is 45.0 Å². The summed E-state index contributed by atoms with van der Waals surface area (Å²) in [6.45, 7) is 0. The number of para-hydroxylation sites is 1. The first-order chi connectivity index (χ1) is 16.5. The van der Waals surface area contributed by atoms with Gasteiger partial charge in [-0.1, -0.05) is 30.0 Å². The van der Waals surface area contributed by atoms with E-state index in [0.717, 1.165) is 0 Å². The van der Waals surface area contributed by atoms with Gasteiger partial charge in [0.05, 0.1) is 29.3 Å². The maximum absolute atomic E-state index is 13.4. The second kappa shape index (κ2) is 10.4. The molecule has 0 atom stereocenters. The lowest BCUT2D eigenvalue weighted by atomic mass is 10.1. The second-order valence-corrected chi connectivity index (χ2v) is 8.54. The Labute approximate surface area is 199 Å². The van der Waals surface area contributed by atoms with Gasteiger partial charge < -0.3 is 4.74 Å². The average Bonchev–Trinajstić information content (AvgIpc) is 2.86. The lowest BCUT2D eigenvalue weighted by Gasteiger charge is -2.13. The number of methoxy groups -OCH3 is 1. The summed E-state index contributed by atoms with van der Waals surface area (Å²) in [5, 5.41) is 0.840. The molecule has 1 heterocycles. The second-order valence-electron chi connectivity index (χ2n) is 7.48. The molecule has 0 unspecified atom stereocenters. The van der Waals surface area contributed by atoms with E-state index in [9.17, 15) is 18.8 Å². The molecule has 0 aliphatic carbocycles. The molecule has 0 fully saturated rings. The van der Waals surface area contributed by atoms with Crippen molar-refractivity contribution < 1.29 is 18.7 Å². The molecule has 4 rings (SSSR count). The van der Waals surface area contributed by atoms with Crippen LogP contribution in [-0.2, 0) is 4.74 Å². The van der Waals surface area contributed by atoms with Crippen LogP contribution in [-0.4, -0.2) is 34.2 Å². The summed E-state index contributed by atoms with van der Waals surface area (Å²) in [4.78, 5) is 42.3. The van der Waals surface area contributed by atoms with Gasteiger partial charge in [-0.05, 0) is 61.0 Å². The number of aromatic nitrogens is 2. The third-order valence-corrected chi connectivity index (χ3v) is 6.24. The molecular weight excluding hydrogens is 455 g/mol. The van der Waals surface area contributed by atoms with Gasteiger partial charge in [-0.25, -0.2) is 14.2 Å². The van der Waals surface area contributed by atoms with Crippen LogP contribution in [0.2, 0.25) is 0 Å². The Balaban J connectivity index is 1.61. The minimum atomic E-state index is -0.510. The lowest BCUT2D eigenvalue weighted by Crippen LogP contribution is -2.22. The van der Waals surface area contributed by atoms with Crippen LogP contribution in [0.4, 0.5) is 4.39 Å². The Morgan fingerprint density at radius 3 is 2.41 bits per heavy atom. The summed E-state index contributed by atoms with van der Waals surface area (Å²) < 4.78 is 19.4. The van der Waals surface area contributed by atoms with Crippen molar-refractivity contribution in [1.82, 2.24) is 9.55 Å². The van der Waals surface area contributed by atoms with Gasteiger partial charge in [-0.2, -0.15) is 0 Å². The zero-order valence-corrected chi connectivity index (χ0v) is 19.2. The normalized spacial score (nSPS) is 10.9. The molecule has 34 heavy (non-hydrogen) atoms. The number of Topliss-reactive ketones (excluding diaryl/α,β-unsaturated/α-hetero) is 1. The van der Waals surface area contributed by atoms with E-state index >= 15 is 0 Å². The third kappa shape index (κ3) is 5.07. The number of ketones is 1. The molecule has 0 N–H and O–H groups in total. The maximum Gasteiger partial charge on any atom is 0.337 e. The van der Waals surface area contributed by atoms with Crippen LogP contribution in [0.1, 0.15) is 33.6 Å². The highest BCUT2D eigenvalue weighted by Gasteiger charge is 2.16. The number of fused-ring (bicyclic) bond motifs is 1. The SMILES string of the molecule is COC(=O)c1ccc2c(=O)n(-c3ccccc3)c(SCCCC(=O)c3ccc(F)cc3)nc2c1. The Kier molecular flexibility index (Phi) is 7.18. The van der Waals surface area contributed by atoms with Gasteiger partial charge in [0.2, 0.25) is 0 Å². The number of halogens is 1. The van der Waals surface area contributed by atoms with E-state index in [1.54, 1.807) is 18.2 Å². The molecule has 8 heteroatoms. The Bertz CT molecular complexity index is 1400. The third-order valence-electron chi connectivity index (χ3n) is 5.22. The quantitative estimate of drug-likeness (QED) is 0.116. The topological polar surface area (TPSA) is 78.3 Å². The van der Waals surface area contributed by atoms with Crippen molar-refractivity contribution in [3.8, 4) is 5.69 Å². The van der Waals surface area contributed by atoms with E-state index in [-0.39, 0.29) is 23.6 Å². The van der Waals surface area contributed by atoms with E-state index in [1.807, 2.05) is 30.3 Å². The number of esters is 1. The highest BCUT2D eigenvalue weighted by atomic mass is 32.2. The van der Waals surface area contributed by atoms with Crippen LogP contribution >= 0.6 is 11.8 Å². The number of hydrogen-bond acceptors (Lipinski definition) is 6. The van der Waals surface area contributed by atoms with Gasteiger partial charge in [0, 0.05) is 17.7 Å². The maximum atomic E-state index is 13.4. The van der Waals surface area contributed by atoms with Crippen molar-refractivity contribution in [3.05, 3.63) is 100 Å². The molecule has 1 aromatic heterocycles. The van der Waals surface area contributed by atoms with Crippen molar-refractivity contribution >= 4 is 34.4 Å². The molecule has 3 aromatic carbocycles. The van der Waals surface area contributed by atoms with Crippen molar-refractivity contribution in [2.75, 3.05) is 12.9 Å². The average molecular weight is 477 g/mol. The standard InChI is InChI=1S/C26H21FN2O4S/c1-33-25(32)18-11-14-21-22(16-18)28-26(29(24(21)31)20-6-3-2-4-7-20)34-15-5-8-23(30)17-9-12-19(27)13-10-17/h2-4,6-7,9-14,16H,5,8,15H2,1H3. The van der Waals surface area contributed by atoms with Crippen molar-refractivity contribution in [2.45, 2.75) is 18.0 Å². The predicted molar refractivity (Wildman–Crippen MR) is 129 cm³/mol. The Morgan fingerprint density at radius 2 is 1.71 bits per heavy atom. The largest absolute Gasteiger partial charge is 0.465 e. The summed E-state index contributed by atoms with van der Waals surface area (Å²) in [6, 6.07) is 19.3. The van der Waals surface area contributed by atoms with Crippen LogP contribution in [0.25, 0.3) is 16.6 Å². The minimum Gasteiger partial charge on any atom is -0.465 e. The number of nitrogens with zero attached hydrogens (tertiary/aromatic N) is 2. The molecular formula is C26H21FN2O4S. The fraction of sp³-hybridized carbons (Fsp3) is 0.154. The van der Waals surface area contributed by atoms with Gasteiger partial charge in [0.15, 0.2) is 10.9 Å². The number of ether oxygens (including phenoxy) is 1. The smallest absolute Gasteiger partial charge is 0.337 e. The summed E-state index contributed by atoms with van der Waals surface area (Å²) in [5.74, 6) is -0.433. The van der Waals surface area contributed by atoms with Gasteiger partial charge in [-0.15, -0.1) is 0 Å². The van der Waals surface area contributed by atoms with Crippen molar-refractivity contribution in [1.29, 1.82) is 0 Å². The first kappa shape index (κ1) is 23.4. The molecule has 0 bridgehead atoms. The fourth-order valence-electron chi connectivity index (χ4n) is 3.49. The number of carbonyl (C=O) groups excluding carboxylic acids is 2. The van der Waals surface area contributed by atoms with Gasteiger partial charge in [-0.3, -0.25) is 14.2 Å². The molecule has 0 aliphatic rings. The Morgan fingerprint density at radius 1 is 1.00 bits per heavy atom. The molecule has 0 aliphatic heterocycles. The van der Waals surface area contributed by atoms with Crippen LogP contribution in [0, 0.1) is 5.82 Å². The van der Waals surface area contributed by atoms with Crippen molar-refractivity contribution in [2.24, 2.45) is 0 Å². The van der Waals surface area contributed by atoms with E-state index < -0.39 is 5.97 Å². The first-order valence-electron chi connectivity index (χ1n) is 10.6. The lowest BCUT2D eigenvalue weighted by molar-refractivity contribution is 0.0600. The number of hydrogen-bond donors (Lipinski definition) is 0. The molecule has 0 saturated heterocycles. The van der Waals surface area contributed by atoms with Gasteiger partial charge in [0.1, 0.15) is 5.82 Å². The molecule has 0 amide bonds. The van der Waals surface area contributed by atoms with E-state index in [4.69, 9.17) is 4.74 Å². The molecule has 172 valence electrons. The Hall–Kier alpha value is -3.78.